The molecule has 5 nitrogen and oxygen atoms in total. The molecule has 0 bridgehead atoms. The van der Waals surface area contributed by atoms with Crippen LogP contribution in [0.4, 0.5) is 0 Å². The third-order valence-corrected chi connectivity index (χ3v) is 4.16. The van der Waals surface area contributed by atoms with Crippen LogP contribution in [0.2, 0.25) is 0 Å². The summed E-state index contributed by atoms with van der Waals surface area (Å²) in [6, 6.07) is 7.99. The van der Waals surface area contributed by atoms with Crippen LogP contribution in [0, 0.1) is 0 Å². The van der Waals surface area contributed by atoms with E-state index in [0.29, 0.717) is 32.4 Å². The molecule has 1 aromatic rings. The fourth-order valence-corrected chi connectivity index (χ4v) is 2.98. The summed E-state index contributed by atoms with van der Waals surface area (Å²) in [5, 5.41) is 12.1. The number of rotatable bonds is 7. The number of amides is 1. The largest absolute Gasteiger partial charge is 0.481 e. The number of allylic oxidation sites excluding steroid dienone is 1. The number of carbonyl (C=O) groups excluding carboxylic acids is 1. The van der Waals surface area contributed by atoms with Crippen molar-refractivity contribution in [3.63, 3.8) is 0 Å². The second-order valence-corrected chi connectivity index (χ2v) is 5.93. The molecule has 0 saturated heterocycles. The first kappa shape index (κ1) is 17.2. The predicted octanol–water partition coefficient (Wildman–Crippen LogP) is 1.97. The predicted molar refractivity (Wildman–Crippen MR) is 89.1 cm³/mol. The minimum Gasteiger partial charge on any atom is -0.481 e. The topological polar surface area (TPSA) is 92.4 Å². The summed E-state index contributed by atoms with van der Waals surface area (Å²) in [4.78, 5) is 22.9. The fraction of sp³-hybridized carbons (Fsp3) is 0.444. The molecule has 1 unspecified atom stereocenters. The molecule has 0 spiro atoms. The maximum Gasteiger partial charge on any atom is 0.303 e. The van der Waals surface area contributed by atoms with Crippen LogP contribution in [0.3, 0.4) is 0 Å². The molecule has 0 aromatic heterocycles. The second kappa shape index (κ2) is 8.48. The molecule has 0 heterocycles. The van der Waals surface area contributed by atoms with E-state index < -0.39 is 5.97 Å². The number of aliphatic carboxylic acids is 1. The molecule has 1 aliphatic carbocycles. The lowest BCUT2D eigenvalue weighted by molar-refractivity contribution is -0.137. The Hall–Kier alpha value is -2.14. The van der Waals surface area contributed by atoms with Gasteiger partial charge in [-0.2, -0.15) is 0 Å². The average Bonchev–Trinajstić information content (AvgIpc) is 2.70. The standard InChI is InChI=1S/C18H24N2O3/c19-9-3-6-17(21)20-12-13-7-8-14-4-1-2-5-16(14)15(10-13)11-18(22)23/h1-2,4-5,7,15H,3,6,8-12,19H2,(H,20,21)(H,22,23). The van der Waals surface area contributed by atoms with Crippen LogP contribution >= 0.6 is 0 Å². The number of nitrogens with two attached hydrogens (primary N) is 1. The molecule has 0 fully saturated rings. The van der Waals surface area contributed by atoms with E-state index in [4.69, 9.17) is 5.73 Å². The van der Waals surface area contributed by atoms with Crippen molar-refractivity contribution in [2.45, 2.75) is 38.0 Å². The fourth-order valence-electron chi connectivity index (χ4n) is 2.98. The zero-order valence-corrected chi connectivity index (χ0v) is 13.3. The van der Waals surface area contributed by atoms with Gasteiger partial charge in [-0.3, -0.25) is 9.59 Å². The van der Waals surface area contributed by atoms with Crippen molar-refractivity contribution in [1.82, 2.24) is 5.32 Å². The first-order valence-corrected chi connectivity index (χ1v) is 8.04. The van der Waals surface area contributed by atoms with E-state index in [1.165, 1.54) is 5.56 Å². The lowest BCUT2D eigenvalue weighted by Gasteiger charge is -2.17. The van der Waals surface area contributed by atoms with Crippen molar-refractivity contribution in [3.05, 3.63) is 47.0 Å². The van der Waals surface area contributed by atoms with Gasteiger partial charge in [0.05, 0.1) is 6.42 Å². The molecule has 0 radical (unpaired) electrons. The number of nitrogens with one attached hydrogen (secondary N) is 1. The Bertz CT molecular complexity index is 596. The van der Waals surface area contributed by atoms with E-state index in [1.54, 1.807) is 0 Å². The van der Waals surface area contributed by atoms with Crippen LogP contribution in [0.15, 0.2) is 35.9 Å². The summed E-state index contributed by atoms with van der Waals surface area (Å²) in [5.41, 5.74) is 8.77. The Balaban J connectivity index is 2.04. The number of carbonyl (C=O) groups is 2. The highest BCUT2D eigenvalue weighted by Crippen LogP contribution is 2.32. The Kier molecular flexibility index (Phi) is 6.35. The molecule has 1 aliphatic rings. The van der Waals surface area contributed by atoms with Crippen molar-refractivity contribution in [2.24, 2.45) is 5.73 Å². The third-order valence-electron chi connectivity index (χ3n) is 4.16. The molecule has 1 atom stereocenters. The number of benzene rings is 1. The van der Waals surface area contributed by atoms with E-state index in [0.717, 1.165) is 17.6 Å². The molecule has 5 heteroatoms. The zero-order chi connectivity index (χ0) is 16.7. The van der Waals surface area contributed by atoms with Gasteiger partial charge in [0.2, 0.25) is 5.91 Å². The number of fused-ring (bicyclic) bond motifs is 1. The monoisotopic (exact) mass is 316 g/mol. The van der Waals surface area contributed by atoms with Gasteiger partial charge in [-0.25, -0.2) is 0 Å². The van der Waals surface area contributed by atoms with Crippen LogP contribution in [0.25, 0.3) is 0 Å². The Morgan fingerprint density at radius 3 is 2.83 bits per heavy atom. The van der Waals surface area contributed by atoms with Gasteiger partial charge in [-0.15, -0.1) is 0 Å². The molecular formula is C18H24N2O3. The van der Waals surface area contributed by atoms with Crippen molar-refractivity contribution < 1.29 is 14.7 Å². The Morgan fingerprint density at radius 2 is 2.09 bits per heavy atom. The number of hydrogen-bond acceptors (Lipinski definition) is 3. The van der Waals surface area contributed by atoms with Gasteiger partial charge in [0.1, 0.15) is 0 Å². The highest BCUT2D eigenvalue weighted by Gasteiger charge is 2.22. The minimum absolute atomic E-state index is 0.00658. The first-order valence-electron chi connectivity index (χ1n) is 8.04. The van der Waals surface area contributed by atoms with E-state index in [9.17, 15) is 14.7 Å². The third kappa shape index (κ3) is 5.21. The summed E-state index contributed by atoms with van der Waals surface area (Å²) in [7, 11) is 0. The Morgan fingerprint density at radius 1 is 1.30 bits per heavy atom. The van der Waals surface area contributed by atoms with Crippen LogP contribution in [0.1, 0.15) is 42.7 Å². The lowest BCUT2D eigenvalue weighted by Crippen LogP contribution is -2.26. The minimum atomic E-state index is -0.793. The Labute approximate surface area is 136 Å². The molecule has 23 heavy (non-hydrogen) atoms. The second-order valence-electron chi connectivity index (χ2n) is 5.93. The lowest BCUT2D eigenvalue weighted by atomic mass is 9.88. The molecule has 0 aliphatic heterocycles. The van der Waals surface area contributed by atoms with E-state index in [-0.39, 0.29) is 18.2 Å². The van der Waals surface area contributed by atoms with Crippen LogP contribution in [0.5, 0.6) is 0 Å². The van der Waals surface area contributed by atoms with Crippen molar-refractivity contribution in [3.8, 4) is 0 Å². The van der Waals surface area contributed by atoms with E-state index in [1.807, 2.05) is 24.3 Å². The molecule has 1 amide bonds. The van der Waals surface area contributed by atoms with Gasteiger partial charge >= 0.3 is 5.97 Å². The van der Waals surface area contributed by atoms with Gasteiger partial charge in [-0.1, -0.05) is 35.9 Å². The summed E-state index contributed by atoms with van der Waals surface area (Å²) < 4.78 is 0. The molecule has 0 saturated carbocycles. The number of carboxylic acid groups (broad SMARTS) is 1. The van der Waals surface area contributed by atoms with Crippen molar-refractivity contribution >= 4 is 11.9 Å². The first-order chi connectivity index (χ1) is 11.1. The van der Waals surface area contributed by atoms with Gasteiger partial charge in [0, 0.05) is 13.0 Å². The normalized spacial score (nSPS) is 16.9. The molecule has 4 N–H and O–H groups in total. The quantitative estimate of drug-likeness (QED) is 0.671. The SMILES string of the molecule is NCCCC(=O)NCC1=CCc2ccccc2C(CC(=O)O)C1. The summed E-state index contributed by atoms with van der Waals surface area (Å²) in [5.74, 6) is -0.843. The van der Waals surface area contributed by atoms with Gasteiger partial charge < -0.3 is 16.2 Å². The smallest absolute Gasteiger partial charge is 0.303 e. The van der Waals surface area contributed by atoms with Gasteiger partial charge in [-0.05, 0) is 42.9 Å². The van der Waals surface area contributed by atoms with Gasteiger partial charge in [0.25, 0.3) is 0 Å². The number of carboxylic acids is 1. The van der Waals surface area contributed by atoms with Crippen molar-refractivity contribution in [2.75, 3.05) is 13.1 Å². The summed E-state index contributed by atoms with van der Waals surface area (Å²) in [6.07, 6.45) is 4.78. The molecule has 124 valence electrons. The molecule has 1 aromatic carbocycles. The highest BCUT2D eigenvalue weighted by atomic mass is 16.4. The maximum absolute atomic E-state index is 11.7. The zero-order valence-electron chi connectivity index (χ0n) is 13.3. The van der Waals surface area contributed by atoms with E-state index >= 15 is 0 Å². The number of hydrogen-bond donors (Lipinski definition) is 3. The van der Waals surface area contributed by atoms with E-state index in [2.05, 4.69) is 11.4 Å². The van der Waals surface area contributed by atoms with Crippen LogP contribution < -0.4 is 11.1 Å². The average molecular weight is 316 g/mol. The molecular weight excluding hydrogens is 292 g/mol. The maximum atomic E-state index is 11.7. The highest BCUT2D eigenvalue weighted by molar-refractivity contribution is 5.76. The summed E-state index contributed by atoms with van der Waals surface area (Å²) >= 11 is 0. The van der Waals surface area contributed by atoms with Crippen LogP contribution in [-0.4, -0.2) is 30.1 Å². The van der Waals surface area contributed by atoms with Crippen LogP contribution in [-0.2, 0) is 16.0 Å². The molecule has 2 rings (SSSR count). The van der Waals surface area contributed by atoms with Gasteiger partial charge in [0.15, 0.2) is 0 Å². The summed E-state index contributed by atoms with van der Waals surface area (Å²) in [6.45, 7) is 0.986. The van der Waals surface area contributed by atoms with Crippen molar-refractivity contribution in [1.29, 1.82) is 0 Å².